The lowest BCUT2D eigenvalue weighted by Crippen LogP contribution is -2.56. The molecule has 0 aliphatic carbocycles. The quantitative estimate of drug-likeness (QED) is 0.611. The monoisotopic (exact) mass is 448 g/mol. The van der Waals surface area contributed by atoms with Gasteiger partial charge in [-0.3, -0.25) is 9.69 Å². The van der Waals surface area contributed by atoms with Crippen molar-refractivity contribution in [1.29, 1.82) is 5.26 Å². The predicted molar refractivity (Wildman–Crippen MR) is 126 cm³/mol. The van der Waals surface area contributed by atoms with Gasteiger partial charge in [0.05, 0.1) is 6.07 Å². The number of carbonyl (C=O) groups excluding carboxylic acids is 2. The lowest BCUT2D eigenvalue weighted by atomic mass is 9.98. The van der Waals surface area contributed by atoms with Crippen LogP contribution in [-0.2, 0) is 22.7 Å². The van der Waals surface area contributed by atoms with Crippen molar-refractivity contribution in [3.8, 4) is 6.07 Å². The number of nitriles is 1. The summed E-state index contributed by atoms with van der Waals surface area (Å²) < 4.78 is 5.29. The summed E-state index contributed by atoms with van der Waals surface area (Å²) in [7, 11) is 0. The second kappa shape index (κ2) is 11.5. The molecule has 174 valence electrons. The van der Waals surface area contributed by atoms with E-state index in [0.29, 0.717) is 25.9 Å². The maximum Gasteiger partial charge on any atom is 0.408 e. The minimum atomic E-state index is -0.975. The van der Waals surface area contributed by atoms with E-state index in [1.807, 2.05) is 62.4 Å². The molecule has 2 N–H and O–H groups in total. The zero-order chi connectivity index (χ0) is 23.7. The number of alkyl carbamates (subject to hydrolysis) is 1. The highest BCUT2D eigenvalue weighted by molar-refractivity contribution is 5.86. The van der Waals surface area contributed by atoms with Gasteiger partial charge in [0.15, 0.2) is 0 Å². The Morgan fingerprint density at radius 3 is 2.33 bits per heavy atom. The van der Waals surface area contributed by atoms with Gasteiger partial charge in [0.1, 0.15) is 18.2 Å². The smallest absolute Gasteiger partial charge is 0.408 e. The van der Waals surface area contributed by atoms with Crippen molar-refractivity contribution in [2.45, 2.75) is 51.4 Å². The molecule has 1 heterocycles. The summed E-state index contributed by atoms with van der Waals surface area (Å²) in [6.45, 7) is 5.96. The molecule has 0 aromatic heterocycles. The summed E-state index contributed by atoms with van der Waals surface area (Å²) in [4.78, 5) is 27.7. The fourth-order valence-corrected chi connectivity index (χ4v) is 4.02. The topological polar surface area (TPSA) is 94.5 Å². The third-order valence-electron chi connectivity index (χ3n) is 5.70. The van der Waals surface area contributed by atoms with Crippen LogP contribution in [0, 0.1) is 17.2 Å². The van der Waals surface area contributed by atoms with E-state index in [2.05, 4.69) is 33.7 Å². The van der Waals surface area contributed by atoms with Crippen LogP contribution in [0.25, 0.3) is 0 Å². The number of likely N-dealkylation sites (tertiary alicyclic amines) is 1. The van der Waals surface area contributed by atoms with Gasteiger partial charge >= 0.3 is 6.09 Å². The number of hydrogen-bond acceptors (Lipinski definition) is 5. The van der Waals surface area contributed by atoms with Crippen LogP contribution in [-0.4, -0.2) is 41.6 Å². The first-order valence-corrected chi connectivity index (χ1v) is 11.4. The normalized spacial score (nSPS) is 19.0. The van der Waals surface area contributed by atoms with Crippen LogP contribution in [0.3, 0.4) is 0 Å². The van der Waals surface area contributed by atoms with E-state index in [1.54, 1.807) is 0 Å². The average Bonchev–Trinajstić information content (AvgIpc) is 3.21. The number of benzene rings is 2. The summed E-state index contributed by atoms with van der Waals surface area (Å²) in [5.74, 6) is -0.185. The Hall–Kier alpha value is -3.37. The van der Waals surface area contributed by atoms with Crippen molar-refractivity contribution < 1.29 is 14.3 Å². The minimum Gasteiger partial charge on any atom is -0.445 e. The van der Waals surface area contributed by atoms with Gasteiger partial charge < -0.3 is 15.4 Å². The zero-order valence-corrected chi connectivity index (χ0v) is 19.3. The van der Waals surface area contributed by atoms with E-state index >= 15 is 0 Å². The molecule has 1 aliphatic rings. The predicted octanol–water partition coefficient (Wildman–Crippen LogP) is 3.61. The zero-order valence-electron chi connectivity index (χ0n) is 19.3. The Balaban J connectivity index is 1.58. The molecule has 1 aliphatic heterocycles. The summed E-state index contributed by atoms with van der Waals surface area (Å²) in [5.41, 5.74) is 1.06. The molecule has 0 saturated carbocycles. The van der Waals surface area contributed by atoms with Gasteiger partial charge in [0.2, 0.25) is 5.91 Å². The van der Waals surface area contributed by atoms with Gasteiger partial charge in [0.25, 0.3) is 0 Å². The molecule has 33 heavy (non-hydrogen) atoms. The molecule has 2 amide bonds. The van der Waals surface area contributed by atoms with Crippen LogP contribution in [0.5, 0.6) is 0 Å². The first-order valence-electron chi connectivity index (χ1n) is 11.4. The Bertz CT molecular complexity index is 959. The number of amides is 2. The van der Waals surface area contributed by atoms with Crippen molar-refractivity contribution in [3.05, 3.63) is 71.8 Å². The maximum absolute atomic E-state index is 13.1. The molecule has 2 unspecified atom stereocenters. The molecule has 2 atom stereocenters. The van der Waals surface area contributed by atoms with E-state index < -0.39 is 17.7 Å². The van der Waals surface area contributed by atoms with Crippen molar-refractivity contribution in [2.24, 2.45) is 5.92 Å². The Morgan fingerprint density at radius 2 is 1.73 bits per heavy atom. The SMILES string of the molecule is CC(C)CC(NC(=O)OCc1ccccc1)C(=O)NC1(C#N)CCN(Cc2ccccc2)C1. The van der Waals surface area contributed by atoms with E-state index in [4.69, 9.17) is 4.74 Å². The number of rotatable bonds is 9. The molecule has 2 aromatic carbocycles. The molecule has 0 spiro atoms. The van der Waals surface area contributed by atoms with Gasteiger partial charge in [-0.1, -0.05) is 74.5 Å². The molecule has 1 saturated heterocycles. The first-order chi connectivity index (χ1) is 15.9. The third-order valence-corrected chi connectivity index (χ3v) is 5.70. The fraction of sp³-hybridized carbons (Fsp3) is 0.423. The van der Waals surface area contributed by atoms with Crippen molar-refractivity contribution in [1.82, 2.24) is 15.5 Å². The molecular formula is C26H32N4O3. The largest absolute Gasteiger partial charge is 0.445 e. The Kier molecular flexibility index (Phi) is 8.45. The molecule has 7 nitrogen and oxygen atoms in total. The van der Waals surface area contributed by atoms with Crippen molar-refractivity contribution in [2.75, 3.05) is 13.1 Å². The van der Waals surface area contributed by atoms with Gasteiger partial charge in [-0.2, -0.15) is 5.26 Å². The minimum absolute atomic E-state index is 0.124. The van der Waals surface area contributed by atoms with E-state index in [0.717, 1.165) is 17.7 Å². The van der Waals surface area contributed by atoms with Gasteiger partial charge in [-0.15, -0.1) is 0 Å². The Labute approximate surface area is 195 Å². The third kappa shape index (κ3) is 7.33. The van der Waals surface area contributed by atoms with Gasteiger partial charge in [-0.05, 0) is 29.9 Å². The molecule has 7 heteroatoms. The van der Waals surface area contributed by atoms with Gasteiger partial charge in [-0.25, -0.2) is 4.79 Å². The van der Waals surface area contributed by atoms with E-state index in [9.17, 15) is 14.9 Å². The highest BCUT2D eigenvalue weighted by Crippen LogP contribution is 2.23. The second-order valence-corrected chi connectivity index (χ2v) is 9.02. The van der Waals surface area contributed by atoms with E-state index in [-0.39, 0.29) is 18.4 Å². The number of ether oxygens (including phenoxy) is 1. The molecule has 2 aromatic rings. The standard InChI is InChI=1S/C26H32N4O3/c1-20(2)15-23(28-25(32)33-17-22-11-7-4-8-12-22)24(31)29-26(18-27)13-14-30(19-26)16-21-9-5-3-6-10-21/h3-12,20,23H,13-17,19H2,1-2H3,(H,28,32)(H,29,31). The van der Waals surface area contributed by atoms with Crippen LogP contribution in [0.2, 0.25) is 0 Å². The lowest BCUT2D eigenvalue weighted by Gasteiger charge is -2.27. The summed E-state index contributed by atoms with van der Waals surface area (Å²) in [6, 6.07) is 21.0. The average molecular weight is 449 g/mol. The van der Waals surface area contributed by atoms with Crippen LogP contribution in [0.15, 0.2) is 60.7 Å². The summed E-state index contributed by atoms with van der Waals surface area (Å²) in [5, 5.41) is 15.5. The van der Waals surface area contributed by atoms with Crippen LogP contribution < -0.4 is 10.6 Å². The number of hydrogen-bond donors (Lipinski definition) is 2. The highest BCUT2D eigenvalue weighted by atomic mass is 16.5. The van der Waals surface area contributed by atoms with Crippen LogP contribution in [0.4, 0.5) is 4.79 Å². The number of carbonyl (C=O) groups is 2. The number of nitrogens with one attached hydrogen (secondary N) is 2. The molecule has 0 radical (unpaired) electrons. The first kappa shape index (κ1) is 24.3. The molecule has 0 bridgehead atoms. The Morgan fingerprint density at radius 1 is 1.09 bits per heavy atom. The molecule has 3 rings (SSSR count). The van der Waals surface area contributed by atoms with Crippen molar-refractivity contribution >= 4 is 12.0 Å². The van der Waals surface area contributed by atoms with Crippen LogP contribution in [0.1, 0.15) is 37.8 Å². The summed E-state index contributed by atoms with van der Waals surface area (Å²) in [6.07, 6.45) is 0.332. The summed E-state index contributed by atoms with van der Waals surface area (Å²) >= 11 is 0. The van der Waals surface area contributed by atoms with Crippen LogP contribution >= 0.6 is 0 Å². The highest BCUT2D eigenvalue weighted by Gasteiger charge is 2.41. The molecular weight excluding hydrogens is 416 g/mol. The lowest BCUT2D eigenvalue weighted by molar-refractivity contribution is -0.124. The van der Waals surface area contributed by atoms with Gasteiger partial charge in [0, 0.05) is 19.6 Å². The number of nitrogens with zero attached hydrogens (tertiary/aromatic N) is 2. The fourth-order valence-electron chi connectivity index (χ4n) is 4.02. The second-order valence-electron chi connectivity index (χ2n) is 9.02. The molecule has 1 fully saturated rings. The van der Waals surface area contributed by atoms with Crippen molar-refractivity contribution in [3.63, 3.8) is 0 Å². The van der Waals surface area contributed by atoms with E-state index in [1.165, 1.54) is 0 Å². The maximum atomic E-state index is 13.1.